The summed E-state index contributed by atoms with van der Waals surface area (Å²) < 4.78 is 10.9. The van der Waals surface area contributed by atoms with Crippen molar-refractivity contribution < 1.29 is 14.3 Å². The summed E-state index contributed by atoms with van der Waals surface area (Å²) in [5, 5.41) is 11.8. The van der Waals surface area contributed by atoms with Crippen LogP contribution in [0.4, 0.5) is 0 Å². The van der Waals surface area contributed by atoms with Gasteiger partial charge in [0.05, 0.1) is 18.1 Å². The highest BCUT2D eigenvalue weighted by molar-refractivity contribution is 5.93. The highest BCUT2D eigenvalue weighted by Crippen LogP contribution is 2.41. The zero-order valence-electron chi connectivity index (χ0n) is 15.5. The molecule has 0 saturated carbocycles. The first-order chi connectivity index (χ1) is 13.1. The number of carbonyl (C=O) groups is 1. The smallest absolute Gasteiger partial charge is 0.338 e. The third-order valence-electron chi connectivity index (χ3n) is 4.58. The van der Waals surface area contributed by atoms with Gasteiger partial charge in [-0.2, -0.15) is 5.26 Å². The minimum atomic E-state index is -0.603. The van der Waals surface area contributed by atoms with Gasteiger partial charge in [0, 0.05) is 6.42 Å². The van der Waals surface area contributed by atoms with Crippen molar-refractivity contribution in [3.05, 3.63) is 70.8 Å². The van der Waals surface area contributed by atoms with E-state index in [-0.39, 0.29) is 18.1 Å². The van der Waals surface area contributed by atoms with E-state index in [1.54, 1.807) is 6.92 Å². The summed E-state index contributed by atoms with van der Waals surface area (Å²) in [6.45, 7) is 3.99. The van der Waals surface area contributed by atoms with E-state index in [2.05, 4.69) is 6.07 Å². The molecule has 5 heteroatoms. The number of ether oxygens (including phenoxy) is 2. The lowest BCUT2D eigenvalue weighted by Crippen LogP contribution is -2.26. The van der Waals surface area contributed by atoms with Crippen LogP contribution in [0, 0.1) is 11.3 Å². The van der Waals surface area contributed by atoms with Gasteiger partial charge in [-0.3, -0.25) is 0 Å². The molecule has 2 N–H and O–H groups in total. The zero-order valence-corrected chi connectivity index (χ0v) is 15.5. The molecule has 0 spiro atoms. The summed E-state index contributed by atoms with van der Waals surface area (Å²) >= 11 is 0. The predicted octanol–water partition coefficient (Wildman–Crippen LogP) is 4.26. The van der Waals surface area contributed by atoms with Gasteiger partial charge in [0.15, 0.2) is 0 Å². The third kappa shape index (κ3) is 3.52. The molecule has 3 rings (SSSR count). The summed E-state index contributed by atoms with van der Waals surface area (Å²) in [6.07, 6.45) is 1.31. The Bertz CT molecular complexity index is 982. The Morgan fingerprint density at radius 2 is 1.96 bits per heavy atom. The van der Waals surface area contributed by atoms with E-state index >= 15 is 0 Å². The molecule has 1 aliphatic rings. The molecule has 0 amide bonds. The summed E-state index contributed by atoms with van der Waals surface area (Å²) in [7, 11) is 0. The lowest BCUT2D eigenvalue weighted by molar-refractivity contribution is -0.139. The molecular weight excluding hydrogens is 340 g/mol. The molecule has 1 aliphatic heterocycles. The number of esters is 1. The number of hydrogen-bond donors (Lipinski definition) is 1. The maximum atomic E-state index is 12.8. The molecule has 0 aromatic heterocycles. The van der Waals surface area contributed by atoms with E-state index in [1.807, 2.05) is 49.4 Å². The fraction of sp³-hybridized carbons (Fsp3) is 0.273. The quantitative estimate of drug-likeness (QED) is 0.803. The van der Waals surface area contributed by atoms with E-state index in [4.69, 9.17) is 15.2 Å². The molecule has 0 bridgehead atoms. The number of allylic oxidation sites excluding steroid dienone is 2. The molecule has 1 unspecified atom stereocenters. The first-order valence-electron chi connectivity index (χ1n) is 9.07. The lowest BCUT2D eigenvalue weighted by Gasteiger charge is -2.28. The maximum Gasteiger partial charge on any atom is 0.338 e. The number of nitrogens with zero attached hydrogens (tertiary/aromatic N) is 1. The molecule has 2 aromatic rings. The van der Waals surface area contributed by atoms with Gasteiger partial charge in [-0.1, -0.05) is 49.4 Å². The van der Waals surface area contributed by atoms with Crippen molar-refractivity contribution in [2.24, 2.45) is 5.73 Å². The molecule has 1 atom stereocenters. The van der Waals surface area contributed by atoms with Gasteiger partial charge in [0.25, 0.3) is 0 Å². The Balaban J connectivity index is 2.21. The Hall–Kier alpha value is -3.26. The van der Waals surface area contributed by atoms with Crippen LogP contribution in [0.3, 0.4) is 0 Å². The fourth-order valence-corrected chi connectivity index (χ4v) is 3.38. The Morgan fingerprint density at radius 3 is 2.63 bits per heavy atom. The number of benzene rings is 2. The van der Waals surface area contributed by atoms with E-state index in [0.717, 1.165) is 22.8 Å². The molecule has 2 aromatic carbocycles. The van der Waals surface area contributed by atoms with Gasteiger partial charge in [-0.05, 0) is 29.7 Å². The van der Waals surface area contributed by atoms with Crippen LogP contribution < -0.4 is 5.73 Å². The molecule has 0 aliphatic carbocycles. The third-order valence-corrected chi connectivity index (χ3v) is 4.58. The molecule has 0 saturated heterocycles. The molecule has 0 radical (unpaired) electrons. The highest BCUT2D eigenvalue weighted by atomic mass is 16.5. The van der Waals surface area contributed by atoms with Crippen LogP contribution in [-0.2, 0) is 14.3 Å². The van der Waals surface area contributed by atoms with Gasteiger partial charge >= 0.3 is 5.97 Å². The molecule has 138 valence electrons. The lowest BCUT2D eigenvalue weighted by atomic mass is 9.81. The average molecular weight is 362 g/mol. The van der Waals surface area contributed by atoms with E-state index < -0.39 is 11.9 Å². The first-order valence-corrected chi connectivity index (χ1v) is 9.07. The number of hydrogen-bond acceptors (Lipinski definition) is 5. The van der Waals surface area contributed by atoms with Gasteiger partial charge in [0.2, 0.25) is 5.88 Å². The van der Waals surface area contributed by atoms with E-state index in [9.17, 15) is 10.1 Å². The number of nitriles is 1. The molecule has 27 heavy (non-hydrogen) atoms. The fourth-order valence-electron chi connectivity index (χ4n) is 3.38. The van der Waals surface area contributed by atoms with Crippen LogP contribution in [0.5, 0.6) is 0 Å². The monoisotopic (exact) mass is 362 g/mol. The Kier molecular flexibility index (Phi) is 5.46. The van der Waals surface area contributed by atoms with Crippen molar-refractivity contribution in [3.8, 4) is 6.07 Å². The minimum absolute atomic E-state index is 0.0483. The second-order valence-corrected chi connectivity index (χ2v) is 6.34. The van der Waals surface area contributed by atoms with Crippen LogP contribution in [0.1, 0.15) is 38.2 Å². The van der Waals surface area contributed by atoms with Crippen LogP contribution in [0.25, 0.3) is 10.8 Å². The van der Waals surface area contributed by atoms with Crippen molar-refractivity contribution >= 4 is 16.7 Å². The van der Waals surface area contributed by atoms with Crippen molar-refractivity contribution in [3.63, 3.8) is 0 Å². The highest BCUT2D eigenvalue weighted by Gasteiger charge is 2.37. The topological polar surface area (TPSA) is 85.3 Å². The van der Waals surface area contributed by atoms with Crippen LogP contribution in [-0.4, -0.2) is 12.6 Å². The van der Waals surface area contributed by atoms with Crippen LogP contribution in [0.2, 0.25) is 0 Å². The molecule has 5 nitrogen and oxygen atoms in total. The average Bonchev–Trinajstić information content (AvgIpc) is 2.67. The van der Waals surface area contributed by atoms with Gasteiger partial charge < -0.3 is 15.2 Å². The number of carbonyl (C=O) groups excluding carboxylic acids is 1. The van der Waals surface area contributed by atoms with E-state index in [1.165, 1.54) is 0 Å². The second-order valence-electron chi connectivity index (χ2n) is 6.34. The number of nitrogens with two attached hydrogens (primary N) is 1. The Labute approximate surface area is 158 Å². The van der Waals surface area contributed by atoms with E-state index in [0.29, 0.717) is 17.8 Å². The summed E-state index contributed by atoms with van der Waals surface area (Å²) in [4.78, 5) is 12.8. The van der Waals surface area contributed by atoms with Gasteiger partial charge in [-0.25, -0.2) is 4.79 Å². The summed E-state index contributed by atoms with van der Waals surface area (Å²) in [5.41, 5.74) is 7.44. The van der Waals surface area contributed by atoms with Crippen molar-refractivity contribution in [2.75, 3.05) is 6.61 Å². The predicted molar refractivity (Wildman–Crippen MR) is 103 cm³/mol. The van der Waals surface area contributed by atoms with Crippen LogP contribution in [0.15, 0.2) is 65.3 Å². The zero-order chi connectivity index (χ0) is 19.4. The maximum absolute atomic E-state index is 12.8. The van der Waals surface area contributed by atoms with Crippen molar-refractivity contribution in [1.82, 2.24) is 0 Å². The minimum Gasteiger partial charge on any atom is -0.463 e. The largest absolute Gasteiger partial charge is 0.463 e. The van der Waals surface area contributed by atoms with Crippen molar-refractivity contribution in [1.29, 1.82) is 5.26 Å². The summed E-state index contributed by atoms with van der Waals surface area (Å²) in [5.74, 6) is -0.550. The summed E-state index contributed by atoms with van der Waals surface area (Å²) in [6, 6.07) is 16.0. The normalized spacial score (nSPS) is 16.9. The number of rotatable bonds is 5. The molecule has 0 fully saturated rings. The second kappa shape index (κ2) is 7.96. The van der Waals surface area contributed by atoms with Crippen molar-refractivity contribution in [2.45, 2.75) is 32.6 Å². The SMILES string of the molecule is CCCC1=C(C(=O)OCC)C(c2ccc3ccccc3c2)C(C#N)=C(N)O1. The molecular formula is C22H22N2O3. The standard InChI is InChI=1S/C22H22N2O3/c1-3-7-18-20(22(25)26-4-2)19(17(13-23)21(24)27-18)16-11-10-14-8-5-6-9-15(14)12-16/h5-6,8-12,19H,3-4,7,24H2,1-2H3. The van der Waals surface area contributed by atoms with Gasteiger partial charge in [-0.15, -0.1) is 0 Å². The van der Waals surface area contributed by atoms with Gasteiger partial charge in [0.1, 0.15) is 17.4 Å². The first kappa shape index (κ1) is 18.5. The Morgan fingerprint density at radius 1 is 1.22 bits per heavy atom. The van der Waals surface area contributed by atoms with Crippen LogP contribution >= 0.6 is 0 Å². The molecule has 1 heterocycles. The number of fused-ring (bicyclic) bond motifs is 1.